The smallest absolute Gasteiger partial charge is 0.232 e. The monoisotopic (exact) mass is 404 g/mol. The first-order valence-electron chi connectivity index (χ1n) is 9.19. The first-order chi connectivity index (χ1) is 13.2. The number of aryl methyl sites for hydroxylation is 1. The van der Waals surface area contributed by atoms with Crippen molar-refractivity contribution in [2.24, 2.45) is 0 Å². The number of carbonyl (C=O) groups is 1. The largest absolute Gasteiger partial charge is 0.496 e. The van der Waals surface area contributed by atoms with Gasteiger partial charge in [0.15, 0.2) is 0 Å². The molecule has 0 fully saturated rings. The number of anilines is 1. The van der Waals surface area contributed by atoms with E-state index in [1.807, 2.05) is 50.2 Å². The number of rotatable bonds is 9. The molecule has 2 rings (SSSR count). The molecule has 1 atom stereocenters. The molecular formula is C21H28N2O4S. The Labute approximate surface area is 167 Å². The molecule has 0 aliphatic carbocycles. The van der Waals surface area contributed by atoms with Crippen molar-refractivity contribution < 1.29 is 17.9 Å². The summed E-state index contributed by atoms with van der Waals surface area (Å²) in [4.78, 5) is 12.3. The second kappa shape index (κ2) is 9.59. The molecule has 0 aliphatic heterocycles. The van der Waals surface area contributed by atoms with Crippen molar-refractivity contribution in [1.29, 1.82) is 0 Å². The maximum atomic E-state index is 12.3. The molecule has 1 amide bonds. The molecule has 1 N–H and O–H groups in total. The van der Waals surface area contributed by atoms with E-state index in [0.29, 0.717) is 12.1 Å². The maximum absolute atomic E-state index is 12.3. The molecule has 6 nitrogen and oxygen atoms in total. The van der Waals surface area contributed by atoms with Gasteiger partial charge >= 0.3 is 0 Å². The summed E-state index contributed by atoms with van der Waals surface area (Å²) in [6, 6.07) is 14.6. The van der Waals surface area contributed by atoms with Gasteiger partial charge in [-0.3, -0.25) is 9.10 Å². The second-order valence-corrected chi connectivity index (χ2v) is 8.71. The lowest BCUT2D eigenvalue weighted by Gasteiger charge is -2.23. The van der Waals surface area contributed by atoms with Crippen molar-refractivity contribution in [3.05, 3.63) is 59.7 Å². The standard InChI is InChI=1S/C21H28N2O4S/c1-16-11-13-18(14-12-16)23(28(4,25)26)15-7-10-21(24)22-17(2)19-8-5-6-9-20(19)27-3/h5-6,8-9,11-14,17H,7,10,15H2,1-4H3,(H,22,24)/t17-/m0/s1. The Morgan fingerprint density at radius 3 is 2.39 bits per heavy atom. The Hall–Kier alpha value is -2.54. The third-order valence-electron chi connectivity index (χ3n) is 4.47. The molecule has 7 heteroatoms. The highest BCUT2D eigenvalue weighted by Gasteiger charge is 2.18. The minimum atomic E-state index is -3.42. The van der Waals surface area contributed by atoms with Crippen molar-refractivity contribution in [2.75, 3.05) is 24.2 Å². The van der Waals surface area contributed by atoms with Crippen LogP contribution in [0.1, 0.15) is 36.9 Å². The highest BCUT2D eigenvalue weighted by molar-refractivity contribution is 7.92. The van der Waals surface area contributed by atoms with Crippen molar-refractivity contribution in [3.8, 4) is 5.75 Å². The van der Waals surface area contributed by atoms with Crippen LogP contribution in [0, 0.1) is 6.92 Å². The van der Waals surface area contributed by atoms with E-state index in [4.69, 9.17) is 4.74 Å². The fourth-order valence-electron chi connectivity index (χ4n) is 3.00. The molecule has 0 spiro atoms. The predicted molar refractivity (Wildman–Crippen MR) is 112 cm³/mol. The molecule has 0 heterocycles. The Morgan fingerprint density at radius 1 is 1.14 bits per heavy atom. The number of methoxy groups -OCH3 is 1. The number of carbonyl (C=O) groups excluding carboxylic acids is 1. The van der Waals surface area contributed by atoms with E-state index in [1.165, 1.54) is 10.6 Å². The molecule has 0 aromatic heterocycles. The average molecular weight is 405 g/mol. The van der Waals surface area contributed by atoms with E-state index in [-0.39, 0.29) is 24.9 Å². The topological polar surface area (TPSA) is 75.7 Å². The lowest BCUT2D eigenvalue weighted by Crippen LogP contribution is -2.32. The van der Waals surface area contributed by atoms with Crippen LogP contribution in [0.2, 0.25) is 0 Å². The van der Waals surface area contributed by atoms with Crippen LogP contribution in [0.4, 0.5) is 5.69 Å². The van der Waals surface area contributed by atoms with Crippen molar-refractivity contribution in [2.45, 2.75) is 32.7 Å². The zero-order valence-electron chi connectivity index (χ0n) is 16.8. The number of amides is 1. The zero-order valence-corrected chi connectivity index (χ0v) is 17.6. The first kappa shape index (κ1) is 21.8. The van der Waals surface area contributed by atoms with Crippen LogP contribution in [0.15, 0.2) is 48.5 Å². The molecule has 0 unspecified atom stereocenters. The molecule has 152 valence electrons. The average Bonchev–Trinajstić information content (AvgIpc) is 2.65. The van der Waals surface area contributed by atoms with Gasteiger partial charge in [0.1, 0.15) is 5.75 Å². The molecular weight excluding hydrogens is 376 g/mol. The second-order valence-electron chi connectivity index (χ2n) is 6.81. The van der Waals surface area contributed by atoms with Crippen LogP contribution in [-0.2, 0) is 14.8 Å². The van der Waals surface area contributed by atoms with Gasteiger partial charge in [0, 0.05) is 18.5 Å². The molecule has 28 heavy (non-hydrogen) atoms. The van der Waals surface area contributed by atoms with Gasteiger partial charge in [-0.25, -0.2) is 8.42 Å². The number of nitrogens with zero attached hydrogens (tertiary/aromatic N) is 1. The molecule has 0 aliphatic rings. The lowest BCUT2D eigenvalue weighted by atomic mass is 10.1. The third-order valence-corrected chi connectivity index (χ3v) is 5.66. The lowest BCUT2D eigenvalue weighted by molar-refractivity contribution is -0.121. The zero-order chi connectivity index (χ0) is 20.7. The fourth-order valence-corrected chi connectivity index (χ4v) is 3.96. The van der Waals surface area contributed by atoms with Crippen LogP contribution >= 0.6 is 0 Å². The number of hydrogen-bond acceptors (Lipinski definition) is 4. The molecule has 2 aromatic rings. The summed E-state index contributed by atoms with van der Waals surface area (Å²) in [5.41, 5.74) is 2.56. The normalized spacial score (nSPS) is 12.3. The number of ether oxygens (including phenoxy) is 1. The summed E-state index contributed by atoms with van der Waals surface area (Å²) in [7, 11) is -1.82. The van der Waals surface area contributed by atoms with E-state index in [1.54, 1.807) is 19.2 Å². The van der Waals surface area contributed by atoms with Gasteiger partial charge < -0.3 is 10.1 Å². The summed E-state index contributed by atoms with van der Waals surface area (Å²) < 4.78 is 30.9. The number of benzene rings is 2. The Balaban J connectivity index is 1.94. The fraction of sp³-hybridized carbons (Fsp3) is 0.381. The van der Waals surface area contributed by atoms with Crippen molar-refractivity contribution >= 4 is 21.6 Å². The van der Waals surface area contributed by atoms with Crippen LogP contribution in [0.3, 0.4) is 0 Å². The van der Waals surface area contributed by atoms with E-state index in [0.717, 1.165) is 16.9 Å². The number of nitrogens with one attached hydrogen (secondary N) is 1. The van der Waals surface area contributed by atoms with E-state index in [2.05, 4.69) is 5.32 Å². The van der Waals surface area contributed by atoms with E-state index in [9.17, 15) is 13.2 Å². The summed E-state index contributed by atoms with van der Waals surface area (Å²) in [5.74, 6) is 0.591. The summed E-state index contributed by atoms with van der Waals surface area (Å²) in [6.45, 7) is 4.09. The van der Waals surface area contributed by atoms with Crippen LogP contribution in [-0.4, -0.2) is 34.2 Å². The Morgan fingerprint density at radius 2 is 1.79 bits per heavy atom. The van der Waals surface area contributed by atoms with Gasteiger partial charge in [-0.1, -0.05) is 35.9 Å². The summed E-state index contributed by atoms with van der Waals surface area (Å²) >= 11 is 0. The van der Waals surface area contributed by atoms with Gasteiger partial charge in [-0.05, 0) is 38.5 Å². The van der Waals surface area contributed by atoms with E-state index < -0.39 is 10.0 Å². The van der Waals surface area contributed by atoms with E-state index >= 15 is 0 Å². The minimum absolute atomic E-state index is 0.129. The summed E-state index contributed by atoms with van der Waals surface area (Å²) in [6.07, 6.45) is 1.83. The highest BCUT2D eigenvalue weighted by Crippen LogP contribution is 2.24. The van der Waals surface area contributed by atoms with Crippen LogP contribution < -0.4 is 14.4 Å². The quantitative estimate of drug-likeness (QED) is 0.695. The van der Waals surface area contributed by atoms with Gasteiger partial charge in [0.05, 0.1) is 25.1 Å². The molecule has 0 bridgehead atoms. The van der Waals surface area contributed by atoms with Crippen molar-refractivity contribution in [3.63, 3.8) is 0 Å². The van der Waals surface area contributed by atoms with Gasteiger partial charge in [0.25, 0.3) is 0 Å². The minimum Gasteiger partial charge on any atom is -0.496 e. The van der Waals surface area contributed by atoms with Crippen LogP contribution in [0.25, 0.3) is 0 Å². The SMILES string of the molecule is COc1ccccc1[C@H](C)NC(=O)CCCN(c1ccc(C)cc1)S(C)(=O)=O. The van der Waals surface area contributed by atoms with Crippen molar-refractivity contribution in [1.82, 2.24) is 5.32 Å². The first-order valence-corrected chi connectivity index (χ1v) is 11.0. The number of sulfonamides is 1. The predicted octanol–water partition coefficient (Wildman–Crippen LogP) is 3.43. The van der Waals surface area contributed by atoms with Crippen LogP contribution in [0.5, 0.6) is 5.75 Å². The molecule has 0 saturated heterocycles. The number of hydrogen-bond donors (Lipinski definition) is 1. The highest BCUT2D eigenvalue weighted by atomic mass is 32.2. The molecule has 0 radical (unpaired) electrons. The van der Waals surface area contributed by atoms with Gasteiger partial charge in [0.2, 0.25) is 15.9 Å². The number of para-hydroxylation sites is 1. The maximum Gasteiger partial charge on any atom is 0.232 e. The Kier molecular flexibility index (Phi) is 7.45. The molecule has 2 aromatic carbocycles. The van der Waals surface area contributed by atoms with Gasteiger partial charge in [-0.15, -0.1) is 0 Å². The van der Waals surface area contributed by atoms with Gasteiger partial charge in [-0.2, -0.15) is 0 Å². The summed E-state index contributed by atoms with van der Waals surface area (Å²) in [5, 5.41) is 2.94. The Bertz CT molecular complexity index is 895. The third kappa shape index (κ3) is 5.99. The molecule has 0 saturated carbocycles.